The molecular weight excluding hydrogens is 596 g/mol. The van der Waals surface area contributed by atoms with Crippen molar-refractivity contribution in [1.29, 1.82) is 0 Å². The van der Waals surface area contributed by atoms with Gasteiger partial charge in [-0.15, -0.1) is 0 Å². The Bertz CT molecular complexity index is 1390. The minimum Gasteiger partial charge on any atom is -0.478 e. The van der Waals surface area contributed by atoms with Gasteiger partial charge in [0.1, 0.15) is 0 Å². The molecule has 0 heterocycles. The molecule has 4 N–H and O–H groups in total. The van der Waals surface area contributed by atoms with Crippen LogP contribution in [0.2, 0.25) is 0 Å². The number of fused-ring (bicyclic) bond motifs is 7. The van der Waals surface area contributed by atoms with E-state index in [2.05, 4.69) is 65.0 Å². The van der Waals surface area contributed by atoms with Crippen LogP contribution in [0.15, 0.2) is 42.5 Å². The molecule has 0 spiro atoms. The van der Waals surface area contributed by atoms with Gasteiger partial charge in [-0.2, -0.15) is 0 Å². The van der Waals surface area contributed by atoms with Gasteiger partial charge >= 0.3 is 5.97 Å². The average Bonchev–Trinajstić information content (AvgIpc) is 3.43. The van der Waals surface area contributed by atoms with Gasteiger partial charge in [-0.25, -0.2) is 10.3 Å². The van der Waals surface area contributed by atoms with Gasteiger partial charge in [0.15, 0.2) is 0 Å². The molecule has 4 unspecified atom stereocenters. The summed E-state index contributed by atoms with van der Waals surface area (Å²) < 4.78 is 0. The SMILES string of the molecule is C=C(C)[C@@H]1CC[C@]2(CONCCCNCCO)CC[C@]3(C)C(CCC4[C@@]5(C)CC=C(c6ccc(C(=O)O)cc6)C(C)(C)C5CC[C@]43C)C12. The van der Waals surface area contributed by atoms with Crippen molar-refractivity contribution in [3.63, 3.8) is 0 Å². The van der Waals surface area contributed by atoms with E-state index in [1.54, 1.807) is 12.1 Å². The van der Waals surface area contributed by atoms with Crippen molar-refractivity contribution >= 4 is 11.5 Å². The number of aliphatic hydroxyl groups excluding tert-OH is 1. The van der Waals surface area contributed by atoms with Crippen molar-refractivity contribution in [3.05, 3.63) is 53.6 Å². The quantitative estimate of drug-likeness (QED) is 0.102. The number of rotatable bonds is 12. The highest BCUT2D eigenvalue weighted by Crippen LogP contribution is 2.77. The van der Waals surface area contributed by atoms with Crippen LogP contribution in [0.3, 0.4) is 0 Å². The molecule has 5 aliphatic rings. The average molecular weight is 661 g/mol. The number of carboxylic acids is 1. The van der Waals surface area contributed by atoms with Crippen molar-refractivity contribution in [2.75, 3.05) is 32.8 Å². The minimum absolute atomic E-state index is 0.0221. The van der Waals surface area contributed by atoms with E-state index in [0.29, 0.717) is 52.5 Å². The van der Waals surface area contributed by atoms with Gasteiger partial charge < -0.3 is 20.4 Å². The van der Waals surface area contributed by atoms with E-state index in [4.69, 9.17) is 9.94 Å². The first-order valence-corrected chi connectivity index (χ1v) is 19.1. The summed E-state index contributed by atoms with van der Waals surface area (Å²) in [5.74, 6) is 2.33. The first kappa shape index (κ1) is 35.8. The van der Waals surface area contributed by atoms with Gasteiger partial charge in [0.05, 0.1) is 18.8 Å². The van der Waals surface area contributed by atoms with E-state index in [-0.39, 0.29) is 22.9 Å². The van der Waals surface area contributed by atoms with Crippen LogP contribution < -0.4 is 10.8 Å². The van der Waals surface area contributed by atoms with Crippen LogP contribution in [-0.4, -0.2) is 49.0 Å². The topological polar surface area (TPSA) is 90.8 Å². The highest BCUT2D eigenvalue weighted by atomic mass is 16.6. The number of hydrogen-bond donors (Lipinski definition) is 4. The predicted molar refractivity (Wildman–Crippen MR) is 194 cm³/mol. The minimum atomic E-state index is -0.864. The van der Waals surface area contributed by atoms with Gasteiger partial charge in [0, 0.05) is 13.1 Å². The lowest BCUT2D eigenvalue weighted by molar-refractivity contribution is -0.231. The van der Waals surface area contributed by atoms with Gasteiger partial charge in [-0.3, -0.25) is 0 Å². The second-order valence-electron chi connectivity index (χ2n) is 18.0. The Morgan fingerprint density at radius 1 is 0.917 bits per heavy atom. The summed E-state index contributed by atoms with van der Waals surface area (Å²) >= 11 is 0. The maximum Gasteiger partial charge on any atom is 0.335 e. The fourth-order valence-electron chi connectivity index (χ4n) is 13.2. The van der Waals surface area contributed by atoms with Crippen molar-refractivity contribution < 1.29 is 19.8 Å². The maximum atomic E-state index is 11.5. The number of aromatic carboxylic acids is 1. The molecule has 1 aromatic rings. The molecule has 1 aromatic carbocycles. The Morgan fingerprint density at radius 3 is 2.35 bits per heavy atom. The molecule has 266 valence electrons. The van der Waals surface area contributed by atoms with Crippen molar-refractivity contribution in [3.8, 4) is 0 Å². The Morgan fingerprint density at radius 2 is 1.67 bits per heavy atom. The van der Waals surface area contributed by atoms with Crippen molar-refractivity contribution in [2.24, 2.45) is 56.7 Å². The van der Waals surface area contributed by atoms with Crippen molar-refractivity contribution in [1.82, 2.24) is 10.8 Å². The molecule has 0 bridgehead atoms. The van der Waals surface area contributed by atoms with Gasteiger partial charge in [0.25, 0.3) is 0 Å². The summed E-state index contributed by atoms with van der Waals surface area (Å²) in [6.45, 7) is 23.2. The third-order valence-electron chi connectivity index (χ3n) is 15.6. The third-order valence-corrected chi connectivity index (χ3v) is 15.6. The number of nitrogens with one attached hydrogen (secondary N) is 2. The Balaban J connectivity index is 1.24. The molecule has 6 heteroatoms. The van der Waals surface area contributed by atoms with Crippen LogP contribution in [0.1, 0.15) is 122 Å². The molecule has 48 heavy (non-hydrogen) atoms. The second kappa shape index (κ2) is 13.3. The standard InChI is InChI=1S/C42H64N2O4/c1-28(2)31-15-20-42(27-48-44-24-8-23-43-25-26-45)22-21-40(6)33(36(31)42)13-14-35-39(5)18-16-32(29-9-11-30(12-10-29)37(46)47)38(3,4)34(39)17-19-41(35,40)7/h9-12,16,31,33-36,43-45H,1,8,13-15,17-27H2,2-7H3,(H,46,47)/t31-,33?,34?,35?,36?,39-,40+,41+,42+/m0/s1. The second-order valence-corrected chi connectivity index (χ2v) is 18.0. The number of benzene rings is 1. The van der Waals surface area contributed by atoms with E-state index < -0.39 is 5.97 Å². The molecule has 4 fully saturated rings. The molecule has 4 saturated carbocycles. The van der Waals surface area contributed by atoms with Crippen LogP contribution in [-0.2, 0) is 4.84 Å². The summed E-state index contributed by atoms with van der Waals surface area (Å²) in [6.07, 6.45) is 14.8. The molecule has 9 atom stereocenters. The smallest absolute Gasteiger partial charge is 0.335 e. The number of hydrogen-bond acceptors (Lipinski definition) is 5. The number of hydroxylamine groups is 1. The summed E-state index contributed by atoms with van der Waals surface area (Å²) in [6, 6.07) is 7.60. The molecule has 5 aliphatic carbocycles. The number of aliphatic hydroxyl groups is 1. The third kappa shape index (κ3) is 5.65. The largest absolute Gasteiger partial charge is 0.478 e. The lowest BCUT2D eigenvalue weighted by Gasteiger charge is -2.72. The zero-order valence-electron chi connectivity index (χ0n) is 30.8. The lowest BCUT2D eigenvalue weighted by Crippen LogP contribution is -2.65. The van der Waals surface area contributed by atoms with Crippen LogP contribution in [0.5, 0.6) is 0 Å². The van der Waals surface area contributed by atoms with E-state index in [9.17, 15) is 9.90 Å². The Labute approximate surface area is 290 Å². The zero-order chi connectivity index (χ0) is 34.5. The summed E-state index contributed by atoms with van der Waals surface area (Å²) in [7, 11) is 0. The number of allylic oxidation sites excluding steroid dienone is 3. The summed E-state index contributed by atoms with van der Waals surface area (Å²) in [4.78, 5) is 17.9. The summed E-state index contributed by atoms with van der Waals surface area (Å²) in [5.41, 5.74) is 8.69. The maximum absolute atomic E-state index is 11.5. The predicted octanol–water partition coefficient (Wildman–Crippen LogP) is 8.53. The Hall–Kier alpha value is -1.99. The first-order chi connectivity index (χ1) is 22.7. The fraction of sp³-hybridized carbons (Fsp3) is 0.738. The van der Waals surface area contributed by atoms with E-state index in [0.717, 1.165) is 32.5 Å². The van der Waals surface area contributed by atoms with E-state index >= 15 is 0 Å². The molecule has 0 radical (unpaired) electrons. The van der Waals surface area contributed by atoms with Crippen LogP contribution in [0, 0.1) is 56.7 Å². The molecule has 6 rings (SSSR count). The van der Waals surface area contributed by atoms with E-state index in [1.807, 2.05) is 12.1 Å². The van der Waals surface area contributed by atoms with Crippen LogP contribution >= 0.6 is 0 Å². The highest BCUT2D eigenvalue weighted by Gasteiger charge is 2.70. The van der Waals surface area contributed by atoms with E-state index in [1.165, 1.54) is 68.1 Å². The normalized spacial score (nSPS) is 39.8. The molecule has 0 amide bonds. The highest BCUT2D eigenvalue weighted by molar-refractivity contribution is 5.88. The van der Waals surface area contributed by atoms with Crippen LogP contribution in [0.4, 0.5) is 0 Å². The number of carbonyl (C=O) groups is 1. The molecule has 0 aliphatic heterocycles. The first-order valence-electron chi connectivity index (χ1n) is 19.1. The van der Waals surface area contributed by atoms with Gasteiger partial charge in [0.2, 0.25) is 0 Å². The molecular formula is C42H64N2O4. The zero-order valence-corrected chi connectivity index (χ0v) is 30.8. The molecule has 6 nitrogen and oxygen atoms in total. The molecule has 0 aromatic heterocycles. The summed E-state index contributed by atoms with van der Waals surface area (Å²) in [5, 5.41) is 21.7. The Kier molecular flexibility index (Phi) is 9.91. The monoisotopic (exact) mass is 660 g/mol. The fourth-order valence-corrected chi connectivity index (χ4v) is 13.2. The number of carboxylic acid groups (broad SMARTS) is 1. The van der Waals surface area contributed by atoms with Crippen molar-refractivity contribution in [2.45, 2.75) is 106 Å². The lowest BCUT2D eigenvalue weighted by atomic mass is 9.32. The van der Waals surface area contributed by atoms with Crippen LogP contribution in [0.25, 0.3) is 5.57 Å². The van der Waals surface area contributed by atoms with Gasteiger partial charge in [-0.05, 0) is 158 Å². The van der Waals surface area contributed by atoms with Gasteiger partial charge in [-0.1, -0.05) is 65.0 Å². The molecule has 0 saturated heterocycles.